The first kappa shape index (κ1) is 22.1. The lowest BCUT2D eigenvalue weighted by molar-refractivity contribution is -0.131. The minimum atomic E-state index is -1.22. The maximum absolute atomic E-state index is 12.4. The van der Waals surface area contributed by atoms with E-state index in [2.05, 4.69) is 16.0 Å². The van der Waals surface area contributed by atoms with E-state index >= 15 is 0 Å². The zero-order valence-corrected chi connectivity index (χ0v) is 15.2. The standard InChI is InChI=1S/C17H25N5O5/c1-9(18)15(25)20-10(2)16(26)22-13(7-14(19)24)17(27)21-12-5-3-11(8-23)4-6-12/h3-6,9-10,13,23H,7-8,18H2,1-2H3,(H2,19,24)(H,20,25)(H,21,27)(H,22,26). The van der Waals surface area contributed by atoms with Crippen molar-refractivity contribution in [3.8, 4) is 0 Å². The molecule has 0 saturated heterocycles. The van der Waals surface area contributed by atoms with Crippen molar-refractivity contribution in [2.24, 2.45) is 11.5 Å². The Bertz CT molecular complexity index is 689. The van der Waals surface area contributed by atoms with Gasteiger partial charge < -0.3 is 32.5 Å². The summed E-state index contributed by atoms with van der Waals surface area (Å²) in [5.74, 6) is -2.62. The summed E-state index contributed by atoms with van der Waals surface area (Å²) in [6.07, 6.45) is -0.416. The fourth-order valence-corrected chi connectivity index (χ4v) is 2.04. The van der Waals surface area contributed by atoms with Crippen LogP contribution < -0.4 is 27.4 Å². The molecule has 1 rings (SSSR count). The van der Waals surface area contributed by atoms with Crippen molar-refractivity contribution in [3.63, 3.8) is 0 Å². The van der Waals surface area contributed by atoms with Gasteiger partial charge in [-0.25, -0.2) is 0 Å². The van der Waals surface area contributed by atoms with E-state index in [-0.39, 0.29) is 6.61 Å². The minimum Gasteiger partial charge on any atom is -0.392 e. The van der Waals surface area contributed by atoms with E-state index in [4.69, 9.17) is 16.6 Å². The van der Waals surface area contributed by atoms with Gasteiger partial charge in [-0.3, -0.25) is 19.2 Å². The number of primary amides is 1. The lowest BCUT2D eigenvalue weighted by atomic mass is 10.1. The molecule has 8 N–H and O–H groups in total. The first-order valence-electron chi connectivity index (χ1n) is 8.29. The Labute approximate surface area is 156 Å². The Morgan fingerprint density at radius 1 is 1.00 bits per heavy atom. The molecule has 4 amide bonds. The molecule has 1 aromatic rings. The second-order valence-corrected chi connectivity index (χ2v) is 6.09. The molecule has 0 saturated carbocycles. The van der Waals surface area contributed by atoms with Crippen molar-refractivity contribution >= 4 is 29.3 Å². The van der Waals surface area contributed by atoms with Gasteiger partial charge in [0.2, 0.25) is 23.6 Å². The largest absolute Gasteiger partial charge is 0.392 e. The number of aliphatic hydroxyl groups is 1. The maximum atomic E-state index is 12.4. The number of hydrogen-bond acceptors (Lipinski definition) is 6. The average molecular weight is 379 g/mol. The number of nitrogens with two attached hydrogens (primary N) is 2. The number of carbonyl (C=O) groups is 4. The Morgan fingerprint density at radius 2 is 1.59 bits per heavy atom. The fraction of sp³-hybridized carbons (Fsp3) is 0.412. The van der Waals surface area contributed by atoms with Crippen LogP contribution in [0.3, 0.4) is 0 Å². The molecule has 0 heterocycles. The van der Waals surface area contributed by atoms with E-state index in [1.807, 2.05) is 0 Å². The molecule has 0 aliphatic rings. The van der Waals surface area contributed by atoms with Gasteiger partial charge in [0.25, 0.3) is 0 Å². The number of rotatable bonds is 9. The number of anilines is 1. The predicted molar refractivity (Wildman–Crippen MR) is 98.0 cm³/mol. The molecule has 0 aliphatic heterocycles. The van der Waals surface area contributed by atoms with Crippen LogP contribution >= 0.6 is 0 Å². The Hall–Kier alpha value is -2.98. The average Bonchev–Trinajstić information content (AvgIpc) is 2.61. The van der Waals surface area contributed by atoms with Gasteiger partial charge >= 0.3 is 0 Å². The summed E-state index contributed by atoms with van der Waals surface area (Å²) in [6.45, 7) is 2.74. The SMILES string of the molecule is CC(N)C(=O)NC(C)C(=O)NC(CC(N)=O)C(=O)Nc1ccc(CO)cc1. The van der Waals surface area contributed by atoms with Gasteiger partial charge in [-0.15, -0.1) is 0 Å². The van der Waals surface area contributed by atoms with Crippen LogP contribution in [0.25, 0.3) is 0 Å². The number of amides is 4. The first-order valence-corrected chi connectivity index (χ1v) is 8.29. The second kappa shape index (κ2) is 10.2. The van der Waals surface area contributed by atoms with Crippen molar-refractivity contribution in [1.29, 1.82) is 0 Å². The smallest absolute Gasteiger partial charge is 0.247 e. The predicted octanol–water partition coefficient (Wildman–Crippen LogP) is -1.67. The quantitative estimate of drug-likeness (QED) is 0.299. The molecule has 27 heavy (non-hydrogen) atoms. The summed E-state index contributed by atoms with van der Waals surface area (Å²) >= 11 is 0. The van der Waals surface area contributed by atoms with Crippen LogP contribution in [0.2, 0.25) is 0 Å². The van der Waals surface area contributed by atoms with Crippen molar-refractivity contribution in [2.75, 3.05) is 5.32 Å². The van der Waals surface area contributed by atoms with E-state index in [0.29, 0.717) is 11.3 Å². The van der Waals surface area contributed by atoms with Crippen LogP contribution in [0.5, 0.6) is 0 Å². The summed E-state index contributed by atoms with van der Waals surface area (Å²) in [7, 11) is 0. The van der Waals surface area contributed by atoms with Crippen LogP contribution in [0, 0.1) is 0 Å². The second-order valence-electron chi connectivity index (χ2n) is 6.09. The summed E-state index contributed by atoms with van der Waals surface area (Å²) in [6, 6.07) is 3.38. The molecular formula is C17H25N5O5. The molecule has 10 nitrogen and oxygen atoms in total. The van der Waals surface area contributed by atoms with Crippen LogP contribution in [0.1, 0.15) is 25.8 Å². The van der Waals surface area contributed by atoms with E-state index in [1.165, 1.54) is 13.8 Å². The van der Waals surface area contributed by atoms with Crippen LogP contribution in [-0.2, 0) is 25.8 Å². The molecule has 3 unspecified atom stereocenters. The number of nitrogens with one attached hydrogen (secondary N) is 3. The van der Waals surface area contributed by atoms with Crippen LogP contribution in [0.4, 0.5) is 5.69 Å². The highest BCUT2D eigenvalue weighted by atomic mass is 16.3. The lowest BCUT2D eigenvalue weighted by Crippen LogP contribution is -2.54. The molecule has 3 atom stereocenters. The van der Waals surface area contributed by atoms with Crippen LogP contribution in [0.15, 0.2) is 24.3 Å². The summed E-state index contributed by atoms with van der Waals surface area (Å²) in [5, 5.41) is 16.4. The maximum Gasteiger partial charge on any atom is 0.247 e. The van der Waals surface area contributed by atoms with Gasteiger partial charge in [-0.1, -0.05) is 12.1 Å². The lowest BCUT2D eigenvalue weighted by Gasteiger charge is -2.21. The monoisotopic (exact) mass is 379 g/mol. The zero-order valence-electron chi connectivity index (χ0n) is 15.2. The third-order valence-corrected chi connectivity index (χ3v) is 3.61. The fourth-order valence-electron chi connectivity index (χ4n) is 2.04. The molecule has 0 spiro atoms. The van der Waals surface area contributed by atoms with E-state index in [9.17, 15) is 19.2 Å². The van der Waals surface area contributed by atoms with Crippen molar-refractivity contribution < 1.29 is 24.3 Å². The first-order chi connectivity index (χ1) is 12.6. The van der Waals surface area contributed by atoms with Gasteiger partial charge in [-0.05, 0) is 31.5 Å². The number of hydrogen-bond donors (Lipinski definition) is 6. The van der Waals surface area contributed by atoms with E-state index < -0.39 is 48.2 Å². The third-order valence-electron chi connectivity index (χ3n) is 3.61. The molecule has 0 radical (unpaired) electrons. The highest BCUT2D eigenvalue weighted by Gasteiger charge is 2.26. The molecule has 1 aromatic carbocycles. The van der Waals surface area contributed by atoms with Gasteiger partial charge in [0.15, 0.2) is 0 Å². The molecule has 0 aliphatic carbocycles. The molecule has 0 aromatic heterocycles. The summed E-state index contributed by atoms with van der Waals surface area (Å²) in [5.41, 5.74) is 11.6. The normalized spacial score (nSPS) is 13.8. The van der Waals surface area contributed by atoms with Gasteiger partial charge in [0.05, 0.1) is 19.1 Å². The summed E-state index contributed by atoms with van der Waals surface area (Å²) < 4.78 is 0. The number of carbonyl (C=O) groups excluding carboxylic acids is 4. The molecule has 0 fully saturated rings. The minimum absolute atomic E-state index is 0.139. The van der Waals surface area contributed by atoms with Crippen molar-refractivity contribution in [3.05, 3.63) is 29.8 Å². The number of benzene rings is 1. The molecule has 0 bridgehead atoms. The third kappa shape index (κ3) is 7.42. The molecule has 10 heteroatoms. The number of aliphatic hydroxyl groups excluding tert-OH is 1. The van der Waals surface area contributed by atoms with Crippen molar-refractivity contribution in [1.82, 2.24) is 10.6 Å². The molecule has 148 valence electrons. The Morgan fingerprint density at radius 3 is 2.07 bits per heavy atom. The van der Waals surface area contributed by atoms with Gasteiger partial charge in [0, 0.05) is 5.69 Å². The Kier molecular flexibility index (Phi) is 8.36. The molecular weight excluding hydrogens is 354 g/mol. The highest BCUT2D eigenvalue weighted by Crippen LogP contribution is 2.10. The van der Waals surface area contributed by atoms with Crippen LogP contribution in [-0.4, -0.2) is 46.9 Å². The van der Waals surface area contributed by atoms with Gasteiger partial charge in [-0.2, -0.15) is 0 Å². The zero-order chi connectivity index (χ0) is 20.6. The summed E-state index contributed by atoms with van der Waals surface area (Å²) in [4.78, 5) is 47.4. The van der Waals surface area contributed by atoms with E-state index in [1.54, 1.807) is 24.3 Å². The topological polar surface area (TPSA) is 177 Å². The van der Waals surface area contributed by atoms with Crippen molar-refractivity contribution in [2.45, 2.75) is 45.0 Å². The van der Waals surface area contributed by atoms with Gasteiger partial charge in [0.1, 0.15) is 12.1 Å². The highest BCUT2D eigenvalue weighted by molar-refractivity contribution is 6.00. The van der Waals surface area contributed by atoms with E-state index in [0.717, 1.165) is 0 Å². The Balaban J connectivity index is 2.78.